The highest BCUT2D eigenvalue weighted by atomic mass is 35.5. The predicted molar refractivity (Wildman–Crippen MR) is 134 cm³/mol. The second-order valence-electron chi connectivity index (χ2n) is 8.18. The van der Waals surface area contributed by atoms with Crippen LogP contribution in [0.2, 0.25) is 5.02 Å². The third kappa shape index (κ3) is 3.76. The Bertz CT molecular complexity index is 1560. The van der Waals surface area contributed by atoms with Crippen molar-refractivity contribution in [3.05, 3.63) is 94.4 Å². The minimum Gasteiger partial charge on any atom is -0.507 e. The summed E-state index contributed by atoms with van der Waals surface area (Å²) in [6.45, 7) is 2.01. The Morgan fingerprint density at radius 3 is 2.67 bits per heavy atom. The monoisotopic (exact) mass is 506 g/mol. The topological polar surface area (TPSA) is 103 Å². The number of halogens is 2. The van der Waals surface area contributed by atoms with Crippen molar-refractivity contribution in [1.82, 2.24) is 4.98 Å². The van der Waals surface area contributed by atoms with E-state index in [1.165, 1.54) is 30.3 Å². The number of nitrogens with zero attached hydrogens (tertiary/aromatic N) is 1. The first-order valence-corrected chi connectivity index (χ1v) is 11.5. The van der Waals surface area contributed by atoms with Crippen molar-refractivity contribution in [3.8, 4) is 11.5 Å². The van der Waals surface area contributed by atoms with E-state index in [0.717, 1.165) is 16.5 Å². The first-order chi connectivity index (χ1) is 17.3. The van der Waals surface area contributed by atoms with Crippen molar-refractivity contribution < 1.29 is 28.9 Å². The number of carbonyl (C=O) groups is 2. The number of hydrogen-bond acceptors (Lipinski definition) is 5. The number of benzene rings is 3. The summed E-state index contributed by atoms with van der Waals surface area (Å²) in [5.41, 5.74) is 1.46. The van der Waals surface area contributed by atoms with Crippen LogP contribution >= 0.6 is 11.6 Å². The average molecular weight is 507 g/mol. The molecule has 3 N–H and O–H groups in total. The lowest BCUT2D eigenvalue weighted by Gasteiger charge is -2.26. The number of anilines is 1. The highest BCUT2D eigenvalue weighted by molar-refractivity contribution is 6.52. The Hall–Kier alpha value is -4.30. The number of para-hydroxylation sites is 1. The maximum Gasteiger partial charge on any atom is 0.300 e. The smallest absolute Gasteiger partial charge is 0.300 e. The number of hydrogen-bond donors (Lipinski definition) is 3. The molecule has 1 saturated heterocycles. The number of fused-ring (bicyclic) bond motifs is 1. The maximum absolute atomic E-state index is 13.9. The van der Waals surface area contributed by atoms with E-state index in [0.29, 0.717) is 16.5 Å². The molecule has 2 heterocycles. The number of ketones is 1. The highest BCUT2D eigenvalue weighted by Crippen LogP contribution is 2.45. The average Bonchev–Trinajstić information content (AvgIpc) is 3.41. The van der Waals surface area contributed by atoms with Gasteiger partial charge in [0.1, 0.15) is 11.6 Å². The molecule has 0 radical (unpaired) electrons. The zero-order chi connectivity index (χ0) is 25.6. The molecule has 4 aromatic rings. The van der Waals surface area contributed by atoms with E-state index in [2.05, 4.69) is 4.98 Å². The number of aromatic hydroxyl groups is 1. The van der Waals surface area contributed by atoms with E-state index in [9.17, 15) is 24.2 Å². The van der Waals surface area contributed by atoms with Gasteiger partial charge in [-0.2, -0.15) is 0 Å². The molecule has 1 atom stereocenters. The van der Waals surface area contributed by atoms with Gasteiger partial charge in [0, 0.05) is 28.4 Å². The molecule has 182 valence electrons. The Kier molecular flexibility index (Phi) is 5.89. The molecule has 1 unspecified atom stereocenters. The molecule has 0 spiro atoms. The van der Waals surface area contributed by atoms with E-state index >= 15 is 0 Å². The number of Topliss-reactive ketones (excluding diaryl/α,β-unsaturated/α-hetero) is 1. The zero-order valence-corrected chi connectivity index (χ0v) is 19.7. The van der Waals surface area contributed by atoms with Gasteiger partial charge in [-0.3, -0.25) is 14.5 Å². The molecule has 1 aliphatic heterocycles. The number of carbonyl (C=O) groups excluding carboxylic acids is 2. The van der Waals surface area contributed by atoms with Crippen LogP contribution in [-0.2, 0) is 9.59 Å². The fourth-order valence-corrected chi connectivity index (χ4v) is 4.61. The summed E-state index contributed by atoms with van der Waals surface area (Å²) in [5.74, 6) is -2.89. The summed E-state index contributed by atoms with van der Waals surface area (Å²) >= 11 is 5.99. The van der Waals surface area contributed by atoms with Crippen molar-refractivity contribution >= 4 is 45.6 Å². The molecule has 0 bridgehead atoms. The standard InChI is InChI=1S/C27H20ClFN2O5/c1-2-36-22-11-14(7-10-21(22)32)24-23(25(33)17-13-30-20-6-4-3-5-16(17)20)26(34)27(35)31(24)15-8-9-19(29)18(28)12-15/h3-13,24,30,32-33H,2H2,1H3/b25-23-. The molecule has 36 heavy (non-hydrogen) atoms. The number of aliphatic hydroxyl groups excluding tert-OH is 1. The van der Waals surface area contributed by atoms with Crippen molar-refractivity contribution in [3.63, 3.8) is 0 Å². The second-order valence-corrected chi connectivity index (χ2v) is 8.58. The molecule has 0 aliphatic carbocycles. The first-order valence-electron chi connectivity index (χ1n) is 11.1. The maximum atomic E-state index is 13.9. The number of phenolic OH excluding ortho intramolecular Hbond substituents is 1. The zero-order valence-electron chi connectivity index (χ0n) is 19.0. The van der Waals surface area contributed by atoms with Crippen LogP contribution in [0.15, 0.2) is 72.4 Å². The van der Waals surface area contributed by atoms with Gasteiger partial charge in [0.2, 0.25) is 0 Å². The lowest BCUT2D eigenvalue weighted by Crippen LogP contribution is -2.29. The van der Waals surface area contributed by atoms with Gasteiger partial charge >= 0.3 is 0 Å². The summed E-state index contributed by atoms with van der Waals surface area (Å²) in [4.78, 5) is 30.9. The fourth-order valence-electron chi connectivity index (χ4n) is 4.43. The van der Waals surface area contributed by atoms with E-state index in [-0.39, 0.29) is 40.1 Å². The van der Waals surface area contributed by atoms with Gasteiger partial charge in [0.05, 0.1) is 23.2 Å². The molecule has 0 saturated carbocycles. The largest absolute Gasteiger partial charge is 0.507 e. The lowest BCUT2D eigenvalue weighted by molar-refractivity contribution is -0.132. The summed E-state index contributed by atoms with van der Waals surface area (Å²) < 4.78 is 19.4. The molecule has 9 heteroatoms. The molecule has 1 amide bonds. The Balaban J connectivity index is 1.77. The molecular formula is C27H20ClFN2O5. The van der Waals surface area contributed by atoms with Crippen molar-refractivity contribution in [2.24, 2.45) is 0 Å². The predicted octanol–water partition coefficient (Wildman–Crippen LogP) is 5.69. The van der Waals surface area contributed by atoms with Gasteiger partial charge in [-0.15, -0.1) is 0 Å². The summed E-state index contributed by atoms with van der Waals surface area (Å²) in [6.07, 6.45) is 1.56. The lowest BCUT2D eigenvalue weighted by atomic mass is 9.94. The number of aromatic nitrogens is 1. The fraction of sp³-hybridized carbons (Fsp3) is 0.111. The SMILES string of the molecule is CCOc1cc(C2/C(=C(/O)c3c[nH]c4ccccc34)C(=O)C(=O)N2c2ccc(F)c(Cl)c2)ccc1O. The third-order valence-corrected chi connectivity index (χ3v) is 6.36. The van der Waals surface area contributed by atoms with Gasteiger partial charge in [0.25, 0.3) is 11.7 Å². The van der Waals surface area contributed by atoms with Gasteiger partial charge < -0.3 is 19.9 Å². The van der Waals surface area contributed by atoms with Crippen LogP contribution in [0.4, 0.5) is 10.1 Å². The quantitative estimate of drug-likeness (QED) is 0.183. The number of phenols is 1. The van der Waals surface area contributed by atoms with E-state index in [1.54, 1.807) is 25.3 Å². The Labute approximate surface area is 210 Å². The summed E-state index contributed by atoms with van der Waals surface area (Å²) in [7, 11) is 0. The van der Waals surface area contributed by atoms with Crippen LogP contribution in [0.5, 0.6) is 11.5 Å². The first kappa shape index (κ1) is 23.4. The number of ether oxygens (including phenoxy) is 1. The molecule has 1 aliphatic rings. The minimum atomic E-state index is -1.11. The van der Waals surface area contributed by atoms with Crippen LogP contribution in [-0.4, -0.2) is 33.5 Å². The molecule has 1 fully saturated rings. The van der Waals surface area contributed by atoms with Crippen LogP contribution in [0.25, 0.3) is 16.7 Å². The number of amides is 1. The van der Waals surface area contributed by atoms with E-state index in [4.69, 9.17) is 16.3 Å². The van der Waals surface area contributed by atoms with Crippen molar-refractivity contribution in [1.29, 1.82) is 0 Å². The van der Waals surface area contributed by atoms with Crippen LogP contribution in [0.3, 0.4) is 0 Å². The molecule has 1 aromatic heterocycles. The van der Waals surface area contributed by atoms with Gasteiger partial charge in [-0.1, -0.05) is 35.9 Å². The van der Waals surface area contributed by atoms with Crippen LogP contribution in [0.1, 0.15) is 24.1 Å². The number of rotatable bonds is 5. The van der Waals surface area contributed by atoms with Crippen molar-refractivity contribution in [2.45, 2.75) is 13.0 Å². The Morgan fingerprint density at radius 2 is 1.92 bits per heavy atom. The molecule has 5 rings (SSSR count). The summed E-state index contributed by atoms with van der Waals surface area (Å²) in [6, 6.07) is 14.2. The van der Waals surface area contributed by atoms with Gasteiger partial charge in [0.15, 0.2) is 11.5 Å². The number of H-pyrrole nitrogens is 1. The minimum absolute atomic E-state index is 0.126. The van der Waals surface area contributed by atoms with Crippen LogP contribution in [0, 0.1) is 5.82 Å². The number of aromatic amines is 1. The van der Waals surface area contributed by atoms with Crippen molar-refractivity contribution in [2.75, 3.05) is 11.5 Å². The summed E-state index contributed by atoms with van der Waals surface area (Å²) in [5, 5.41) is 22.0. The molecule has 7 nitrogen and oxygen atoms in total. The molecular weight excluding hydrogens is 487 g/mol. The second kappa shape index (κ2) is 9.05. The van der Waals surface area contributed by atoms with E-state index in [1.807, 2.05) is 12.1 Å². The normalized spacial score (nSPS) is 17.2. The third-order valence-electron chi connectivity index (χ3n) is 6.07. The highest BCUT2D eigenvalue weighted by Gasteiger charge is 2.47. The molecule has 3 aromatic carbocycles. The van der Waals surface area contributed by atoms with Crippen LogP contribution < -0.4 is 9.64 Å². The van der Waals surface area contributed by atoms with Gasteiger partial charge in [-0.25, -0.2) is 4.39 Å². The number of nitrogens with one attached hydrogen (secondary N) is 1. The van der Waals surface area contributed by atoms with Gasteiger partial charge in [-0.05, 0) is 48.9 Å². The number of aliphatic hydroxyl groups is 1. The Morgan fingerprint density at radius 1 is 1.14 bits per heavy atom. The van der Waals surface area contributed by atoms with E-state index < -0.39 is 23.5 Å².